The van der Waals surface area contributed by atoms with Crippen molar-refractivity contribution in [3.05, 3.63) is 63.4 Å². The maximum atomic E-state index is 10.4. The van der Waals surface area contributed by atoms with Gasteiger partial charge in [-0.05, 0) is 36.2 Å². The molecule has 1 N–H and O–H groups in total. The molecular weight excluding hydrogens is 269 g/mol. The van der Waals surface area contributed by atoms with E-state index in [1.165, 1.54) is 0 Å². The van der Waals surface area contributed by atoms with Crippen LogP contribution in [0.5, 0.6) is 0 Å². The Labute approximate surface area is 116 Å². The first-order chi connectivity index (χ1) is 8.63. The fourth-order valence-electron chi connectivity index (χ4n) is 1.87. The quantitative estimate of drug-likeness (QED) is 0.921. The Morgan fingerprint density at radius 2 is 2.06 bits per heavy atom. The molecule has 2 rings (SSSR count). The Morgan fingerprint density at radius 3 is 2.78 bits per heavy atom. The molecule has 0 saturated heterocycles. The fourth-order valence-corrected chi connectivity index (χ4v) is 2.27. The third-order valence-corrected chi connectivity index (χ3v) is 3.40. The zero-order chi connectivity index (χ0) is 13.1. The van der Waals surface area contributed by atoms with Crippen LogP contribution >= 0.6 is 23.2 Å². The van der Waals surface area contributed by atoms with E-state index in [1.54, 1.807) is 24.4 Å². The molecule has 0 amide bonds. The van der Waals surface area contributed by atoms with Crippen molar-refractivity contribution in [2.45, 2.75) is 19.4 Å². The van der Waals surface area contributed by atoms with Crippen LogP contribution in [0.25, 0.3) is 0 Å². The van der Waals surface area contributed by atoms with Crippen LogP contribution in [0.4, 0.5) is 0 Å². The van der Waals surface area contributed by atoms with Crippen molar-refractivity contribution in [3.63, 3.8) is 0 Å². The summed E-state index contributed by atoms with van der Waals surface area (Å²) in [5.74, 6) is 0. The van der Waals surface area contributed by atoms with Gasteiger partial charge in [-0.3, -0.25) is 4.98 Å². The predicted molar refractivity (Wildman–Crippen MR) is 74.1 cm³/mol. The van der Waals surface area contributed by atoms with Gasteiger partial charge in [0.1, 0.15) is 6.10 Å². The van der Waals surface area contributed by atoms with E-state index in [1.807, 2.05) is 19.1 Å². The zero-order valence-corrected chi connectivity index (χ0v) is 11.4. The summed E-state index contributed by atoms with van der Waals surface area (Å²) in [7, 11) is 0. The normalized spacial score (nSPS) is 12.4. The van der Waals surface area contributed by atoms with Crippen molar-refractivity contribution in [1.29, 1.82) is 0 Å². The van der Waals surface area contributed by atoms with E-state index in [2.05, 4.69) is 4.98 Å². The summed E-state index contributed by atoms with van der Waals surface area (Å²) in [4.78, 5) is 4.24. The van der Waals surface area contributed by atoms with Crippen LogP contribution in [0.3, 0.4) is 0 Å². The Balaban J connectivity index is 2.47. The fraction of sp³-hybridized carbons (Fsp3) is 0.214. The Bertz CT molecular complexity index is 557. The summed E-state index contributed by atoms with van der Waals surface area (Å²) in [5.41, 5.74) is 2.21. The average Bonchev–Trinajstić information content (AvgIpc) is 2.40. The van der Waals surface area contributed by atoms with Crippen molar-refractivity contribution >= 4 is 23.2 Å². The van der Waals surface area contributed by atoms with Crippen molar-refractivity contribution in [2.24, 2.45) is 0 Å². The molecule has 0 aliphatic rings. The number of nitrogens with zero attached hydrogens (tertiary/aromatic N) is 1. The van der Waals surface area contributed by atoms with E-state index in [4.69, 9.17) is 23.2 Å². The number of aromatic nitrogens is 1. The molecule has 18 heavy (non-hydrogen) atoms. The minimum atomic E-state index is -0.854. The highest BCUT2D eigenvalue weighted by Gasteiger charge is 2.18. The summed E-state index contributed by atoms with van der Waals surface area (Å²) in [6, 6.07) is 8.84. The maximum absolute atomic E-state index is 10.4. The number of hydrogen-bond acceptors (Lipinski definition) is 2. The third-order valence-electron chi connectivity index (χ3n) is 2.82. The summed E-state index contributed by atoms with van der Waals surface area (Å²) in [6.07, 6.45) is 1.61. The second kappa shape index (κ2) is 5.70. The molecule has 0 aliphatic heterocycles. The summed E-state index contributed by atoms with van der Waals surface area (Å²) in [6.45, 7) is 2.02. The average molecular weight is 282 g/mol. The van der Waals surface area contributed by atoms with E-state index in [0.717, 1.165) is 12.0 Å². The number of hydrogen-bond donors (Lipinski definition) is 1. The van der Waals surface area contributed by atoms with Gasteiger partial charge in [0.05, 0.1) is 5.69 Å². The van der Waals surface area contributed by atoms with Gasteiger partial charge in [0, 0.05) is 21.8 Å². The first-order valence-electron chi connectivity index (χ1n) is 5.70. The van der Waals surface area contributed by atoms with E-state index < -0.39 is 6.10 Å². The minimum Gasteiger partial charge on any atom is -0.382 e. The molecule has 1 atom stereocenters. The molecule has 0 saturated carbocycles. The number of aliphatic hydroxyl groups is 1. The smallest absolute Gasteiger partial charge is 0.123 e. The van der Waals surface area contributed by atoms with Gasteiger partial charge in [-0.1, -0.05) is 36.2 Å². The van der Waals surface area contributed by atoms with Crippen molar-refractivity contribution in [2.75, 3.05) is 0 Å². The van der Waals surface area contributed by atoms with Crippen LogP contribution in [-0.2, 0) is 6.42 Å². The van der Waals surface area contributed by atoms with Crippen LogP contribution in [0.15, 0.2) is 36.5 Å². The molecule has 0 aliphatic carbocycles. The van der Waals surface area contributed by atoms with E-state index >= 15 is 0 Å². The Morgan fingerprint density at radius 1 is 1.28 bits per heavy atom. The van der Waals surface area contributed by atoms with Gasteiger partial charge < -0.3 is 5.11 Å². The second-order valence-electron chi connectivity index (χ2n) is 3.97. The van der Waals surface area contributed by atoms with Gasteiger partial charge in [0.2, 0.25) is 0 Å². The first-order valence-corrected chi connectivity index (χ1v) is 6.46. The number of aliphatic hydroxyl groups excluding tert-OH is 1. The highest BCUT2D eigenvalue weighted by Crippen LogP contribution is 2.31. The molecule has 1 heterocycles. The SMILES string of the molecule is CCc1cccnc1C(O)c1cc(Cl)ccc1Cl. The van der Waals surface area contributed by atoms with Gasteiger partial charge in [-0.25, -0.2) is 0 Å². The Kier molecular flexibility index (Phi) is 4.23. The lowest BCUT2D eigenvalue weighted by Gasteiger charge is -2.15. The van der Waals surface area contributed by atoms with Gasteiger partial charge in [0.15, 0.2) is 0 Å². The van der Waals surface area contributed by atoms with Crippen LogP contribution in [0.1, 0.15) is 29.8 Å². The molecule has 94 valence electrons. The van der Waals surface area contributed by atoms with Crippen LogP contribution in [-0.4, -0.2) is 10.1 Å². The van der Waals surface area contributed by atoms with Crippen LogP contribution < -0.4 is 0 Å². The van der Waals surface area contributed by atoms with Crippen molar-refractivity contribution < 1.29 is 5.11 Å². The first kappa shape index (κ1) is 13.3. The lowest BCUT2D eigenvalue weighted by Crippen LogP contribution is -2.06. The number of benzene rings is 1. The van der Waals surface area contributed by atoms with Gasteiger partial charge in [0.25, 0.3) is 0 Å². The molecule has 2 aromatic rings. The van der Waals surface area contributed by atoms with Crippen molar-refractivity contribution in [1.82, 2.24) is 4.98 Å². The lowest BCUT2D eigenvalue weighted by atomic mass is 10.0. The topological polar surface area (TPSA) is 33.1 Å². The van der Waals surface area contributed by atoms with Crippen LogP contribution in [0.2, 0.25) is 10.0 Å². The maximum Gasteiger partial charge on any atom is 0.123 e. The Hall–Kier alpha value is -1.09. The second-order valence-corrected chi connectivity index (χ2v) is 4.81. The lowest BCUT2D eigenvalue weighted by molar-refractivity contribution is 0.214. The molecule has 0 spiro atoms. The van der Waals surface area contributed by atoms with Gasteiger partial charge in [-0.15, -0.1) is 0 Å². The standard InChI is InChI=1S/C14H13Cl2NO/c1-2-9-4-3-7-17-13(9)14(18)11-8-10(15)5-6-12(11)16/h3-8,14,18H,2H2,1H3. The van der Waals surface area contributed by atoms with E-state index in [0.29, 0.717) is 21.3 Å². The number of halogens is 2. The summed E-state index contributed by atoms with van der Waals surface area (Å²) < 4.78 is 0. The summed E-state index contributed by atoms with van der Waals surface area (Å²) >= 11 is 12.0. The van der Waals surface area contributed by atoms with E-state index in [9.17, 15) is 5.11 Å². The largest absolute Gasteiger partial charge is 0.382 e. The zero-order valence-electron chi connectivity index (χ0n) is 9.90. The van der Waals surface area contributed by atoms with Crippen molar-refractivity contribution in [3.8, 4) is 0 Å². The summed E-state index contributed by atoms with van der Waals surface area (Å²) in [5, 5.41) is 11.4. The molecule has 2 nitrogen and oxygen atoms in total. The number of pyridine rings is 1. The van der Waals surface area contributed by atoms with Crippen LogP contribution in [0, 0.1) is 0 Å². The monoisotopic (exact) mass is 281 g/mol. The molecule has 1 aromatic heterocycles. The molecular formula is C14H13Cl2NO. The molecule has 1 unspecified atom stereocenters. The van der Waals surface area contributed by atoms with E-state index in [-0.39, 0.29) is 0 Å². The molecule has 0 fully saturated rings. The third kappa shape index (κ3) is 2.66. The highest BCUT2D eigenvalue weighted by molar-refractivity contribution is 6.33. The predicted octanol–water partition coefficient (Wildman–Crippen LogP) is 4.03. The molecule has 0 radical (unpaired) electrons. The number of aryl methyl sites for hydroxylation is 1. The molecule has 1 aromatic carbocycles. The van der Waals surface area contributed by atoms with Gasteiger partial charge >= 0.3 is 0 Å². The minimum absolute atomic E-state index is 0.486. The number of rotatable bonds is 3. The molecule has 4 heteroatoms. The molecule has 0 bridgehead atoms. The van der Waals surface area contributed by atoms with Gasteiger partial charge in [-0.2, -0.15) is 0 Å². The highest BCUT2D eigenvalue weighted by atomic mass is 35.5.